The molecule has 1 aromatic rings. The molecule has 0 bridgehead atoms. The maximum absolute atomic E-state index is 12.0. The molecule has 0 aliphatic heterocycles. The number of hydrogen-bond donors (Lipinski definition) is 4. The van der Waals surface area contributed by atoms with Gasteiger partial charge in [-0.2, -0.15) is 0 Å². The number of hydrogen-bond acceptors (Lipinski definition) is 3. The quantitative estimate of drug-likeness (QED) is 0.685. The van der Waals surface area contributed by atoms with E-state index in [1.807, 2.05) is 0 Å². The van der Waals surface area contributed by atoms with Crippen molar-refractivity contribution in [1.29, 1.82) is 0 Å². The first-order valence-electron chi connectivity index (χ1n) is 7.07. The molecule has 1 fully saturated rings. The molecular weight excluding hydrogens is 272 g/mol. The van der Waals surface area contributed by atoms with Gasteiger partial charge in [0.15, 0.2) is 0 Å². The Hall–Kier alpha value is -2.08. The molecule has 6 heteroatoms. The number of aromatic carboxylic acids is 1. The summed E-state index contributed by atoms with van der Waals surface area (Å²) in [6.45, 7) is 1.73. The van der Waals surface area contributed by atoms with E-state index >= 15 is 0 Å². The predicted octanol–water partition coefficient (Wildman–Crippen LogP) is 2.12. The summed E-state index contributed by atoms with van der Waals surface area (Å²) in [6.07, 6.45) is 2.79. The molecule has 1 saturated carbocycles. The molecule has 2 unspecified atom stereocenters. The molecule has 2 amide bonds. The standard InChI is InChI=1S/C15H20N2O4/c1-9-5-4-6-10(14(19)20)13(9)17-15(21)16-11-7-2-3-8-12(11)18/h4-6,11-12,18H,2-3,7-8H2,1H3,(H,19,20)(H2,16,17,21). The minimum absolute atomic E-state index is 0.0503. The molecule has 21 heavy (non-hydrogen) atoms. The molecular formula is C15H20N2O4. The Balaban J connectivity index is 2.07. The van der Waals surface area contributed by atoms with Crippen molar-refractivity contribution in [2.24, 2.45) is 0 Å². The molecule has 0 aromatic heterocycles. The lowest BCUT2D eigenvalue weighted by Gasteiger charge is -2.28. The third kappa shape index (κ3) is 3.72. The van der Waals surface area contributed by atoms with Crippen molar-refractivity contribution in [3.8, 4) is 0 Å². The second kappa shape index (κ2) is 6.58. The number of rotatable bonds is 3. The summed E-state index contributed by atoms with van der Waals surface area (Å²) in [7, 11) is 0. The molecule has 1 aliphatic carbocycles. The fourth-order valence-electron chi connectivity index (χ4n) is 2.61. The Morgan fingerprint density at radius 2 is 1.95 bits per heavy atom. The van der Waals surface area contributed by atoms with E-state index in [2.05, 4.69) is 10.6 Å². The average molecular weight is 292 g/mol. The minimum atomic E-state index is -1.09. The highest BCUT2D eigenvalue weighted by Crippen LogP contribution is 2.21. The van der Waals surface area contributed by atoms with Gasteiger partial charge in [-0.25, -0.2) is 9.59 Å². The number of carboxylic acid groups (broad SMARTS) is 1. The topological polar surface area (TPSA) is 98.7 Å². The van der Waals surface area contributed by atoms with Crippen molar-refractivity contribution in [3.63, 3.8) is 0 Å². The summed E-state index contributed by atoms with van der Waals surface area (Å²) >= 11 is 0. The summed E-state index contributed by atoms with van der Waals surface area (Å²) in [5.74, 6) is -1.09. The number of amides is 2. The van der Waals surface area contributed by atoms with Crippen LogP contribution in [0, 0.1) is 6.92 Å². The highest BCUT2D eigenvalue weighted by molar-refractivity contribution is 6.01. The van der Waals surface area contributed by atoms with Gasteiger partial charge in [-0.05, 0) is 31.4 Å². The zero-order chi connectivity index (χ0) is 15.4. The average Bonchev–Trinajstić information content (AvgIpc) is 2.43. The van der Waals surface area contributed by atoms with E-state index in [-0.39, 0.29) is 17.3 Å². The van der Waals surface area contributed by atoms with Crippen molar-refractivity contribution in [2.75, 3.05) is 5.32 Å². The first-order chi connectivity index (χ1) is 9.99. The first-order valence-corrected chi connectivity index (χ1v) is 7.07. The van der Waals surface area contributed by atoms with Crippen LogP contribution in [-0.4, -0.2) is 34.4 Å². The fourth-order valence-corrected chi connectivity index (χ4v) is 2.61. The monoisotopic (exact) mass is 292 g/mol. The Bertz CT molecular complexity index is 544. The first kappa shape index (κ1) is 15.3. The number of carbonyl (C=O) groups excluding carboxylic acids is 1. The molecule has 2 atom stereocenters. The Morgan fingerprint density at radius 1 is 1.24 bits per heavy atom. The molecule has 0 saturated heterocycles. The zero-order valence-electron chi connectivity index (χ0n) is 11.9. The summed E-state index contributed by atoms with van der Waals surface area (Å²) in [5.41, 5.74) is 1.01. The normalized spacial score (nSPS) is 21.6. The molecule has 0 radical (unpaired) electrons. The van der Waals surface area contributed by atoms with Crippen LogP contribution in [0.15, 0.2) is 18.2 Å². The summed E-state index contributed by atoms with van der Waals surface area (Å²) in [5, 5.41) is 24.3. The van der Waals surface area contributed by atoms with Crippen LogP contribution in [0.1, 0.15) is 41.6 Å². The van der Waals surface area contributed by atoms with Crippen molar-refractivity contribution in [2.45, 2.75) is 44.8 Å². The minimum Gasteiger partial charge on any atom is -0.478 e. The number of aliphatic hydroxyl groups is 1. The maximum Gasteiger partial charge on any atom is 0.337 e. The van der Waals surface area contributed by atoms with Gasteiger partial charge in [0.25, 0.3) is 0 Å². The van der Waals surface area contributed by atoms with E-state index in [4.69, 9.17) is 5.11 Å². The number of nitrogens with one attached hydrogen (secondary N) is 2. The molecule has 0 spiro atoms. The van der Waals surface area contributed by atoms with Crippen LogP contribution in [-0.2, 0) is 0 Å². The van der Waals surface area contributed by atoms with Crippen LogP contribution in [0.25, 0.3) is 0 Å². The second-order valence-corrected chi connectivity index (χ2v) is 5.36. The maximum atomic E-state index is 12.0. The third-order valence-corrected chi connectivity index (χ3v) is 3.79. The summed E-state index contributed by atoms with van der Waals surface area (Å²) < 4.78 is 0. The number of aliphatic hydroxyl groups excluding tert-OH is 1. The zero-order valence-corrected chi connectivity index (χ0v) is 11.9. The number of aryl methyl sites for hydroxylation is 1. The van der Waals surface area contributed by atoms with E-state index in [0.29, 0.717) is 12.0 Å². The van der Waals surface area contributed by atoms with Gasteiger partial charge in [0.05, 0.1) is 23.4 Å². The van der Waals surface area contributed by atoms with Crippen LogP contribution in [0.2, 0.25) is 0 Å². The van der Waals surface area contributed by atoms with E-state index in [1.165, 1.54) is 6.07 Å². The van der Waals surface area contributed by atoms with Gasteiger partial charge < -0.3 is 20.8 Å². The van der Waals surface area contributed by atoms with Crippen LogP contribution in [0.4, 0.5) is 10.5 Å². The largest absolute Gasteiger partial charge is 0.478 e. The Morgan fingerprint density at radius 3 is 2.62 bits per heavy atom. The third-order valence-electron chi connectivity index (χ3n) is 3.79. The molecule has 6 nitrogen and oxygen atoms in total. The second-order valence-electron chi connectivity index (χ2n) is 5.36. The number of carbonyl (C=O) groups is 2. The summed E-state index contributed by atoms with van der Waals surface area (Å²) in [6, 6.07) is 4.04. The summed E-state index contributed by atoms with van der Waals surface area (Å²) in [4.78, 5) is 23.2. The smallest absolute Gasteiger partial charge is 0.337 e. The number of anilines is 1. The lowest BCUT2D eigenvalue weighted by Crippen LogP contribution is -2.46. The lowest BCUT2D eigenvalue weighted by molar-refractivity contribution is 0.0698. The number of para-hydroxylation sites is 1. The highest BCUT2D eigenvalue weighted by atomic mass is 16.4. The lowest BCUT2D eigenvalue weighted by atomic mass is 9.93. The van der Waals surface area contributed by atoms with Gasteiger partial charge in [-0.15, -0.1) is 0 Å². The fraction of sp³-hybridized carbons (Fsp3) is 0.467. The van der Waals surface area contributed by atoms with Crippen molar-refractivity contribution in [3.05, 3.63) is 29.3 Å². The van der Waals surface area contributed by atoms with E-state index < -0.39 is 18.1 Å². The number of benzene rings is 1. The number of carboxylic acids is 1. The SMILES string of the molecule is Cc1cccc(C(=O)O)c1NC(=O)NC1CCCCC1O. The van der Waals surface area contributed by atoms with Crippen molar-refractivity contribution in [1.82, 2.24) is 5.32 Å². The van der Waals surface area contributed by atoms with Gasteiger partial charge in [0, 0.05) is 0 Å². The van der Waals surface area contributed by atoms with Gasteiger partial charge in [0.2, 0.25) is 0 Å². The van der Waals surface area contributed by atoms with Gasteiger partial charge in [-0.1, -0.05) is 25.0 Å². The van der Waals surface area contributed by atoms with E-state index in [9.17, 15) is 14.7 Å². The Labute approximate surface area is 123 Å². The molecule has 0 heterocycles. The molecule has 2 rings (SSSR count). The van der Waals surface area contributed by atoms with Gasteiger partial charge >= 0.3 is 12.0 Å². The van der Waals surface area contributed by atoms with Crippen LogP contribution >= 0.6 is 0 Å². The molecule has 114 valence electrons. The van der Waals surface area contributed by atoms with Gasteiger partial charge in [0.1, 0.15) is 0 Å². The molecule has 4 N–H and O–H groups in total. The van der Waals surface area contributed by atoms with E-state index in [1.54, 1.807) is 19.1 Å². The Kier molecular flexibility index (Phi) is 4.80. The molecule has 1 aromatic carbocycles. The predicted molar refractivity (Wildman–Crippen MR) is 78.6 cm³/mol. The van der Waals surface area contributed by atoms with E-state index in [0.717, 1.165) is 19.3 Å². The van der Waals surface area contributed by atoms with Crippen LogP contribution < -0.4 is 10.6 Å². The van der Waals surface area contributed by atoms with Crippen molar-refractivity contribution < 1.29 is 19.8 Å². The van der Waals surface area contributed by atoms with Gasteiger partial charge in [-0.3, -0.25) is 0 Å². The molecule has 1 aliphatic rings. The van der Waals surface area contributed by atoms with Crippen LogP contribution in [0.5, 0.6) is 0 Å². The van der Waals surface area contributed by atoms with Crippen LogP contribution in [0.3, 0.4) is 0 Å². The highest BCUT2D eigenvalue weighted by Gasteiger charge is 2.25. The number of urea groups is 1. The van der Waals surface area contributed by atoms with Crippen molar-refractivity contribution >= 4 is 17.7 Å².